The van der Waals surface area contributed by atoms with Crippen LogP contribution in [0.15, 0.2) is 53.0 Å². The van der Waals surface area contributed by atoms with Crippen LogP contribution in [0.5, 0.6) is 0 Å². The van der Waals surface area contributed by atoms with Crippen molar-refractivity contribution in [1.29, 1.82) is 0 Å². The van der Waals surface area contributed by atoms with Crippen LogP contribution in [0.4, 0.5) is 4.79 Å². The third-order valence-corrected chi connectivity index (χ3v) is 5.03. The second-order valence-corrected chi connectivity index (χ2v) is 6.78. The van der Waals surface area contributed by atoms with E-state index in [1.807, 2.05) is 36.4 Å². The van der Waals surface area contributed by atoms with Gasteiger partial charge in [-0.3, -0.25) is 9.69 Å². The molecule has 0 aromatic heterocycles. The van der Waals surface area contributed by atoms with Crippen LogP contribution in [0.3, 0.4) is 0 Å². The summed E-state index contributed by atoms with van der Waals surface area (Å²) in [5.41, 5.74) is 0.354. The maximum Gasteiger partial charge on any atom is 0.325 e. The Bertz CT molecular complexity index is 796. The lowest BCUT2D eigenvalue weighted by Gasteiger charge is -2.23. The summed E-state index contributed by atoms with van der Waals surface area (Å²) in [5, 5.41) is 3.32. The molecule has 6 heteroatoms. The Kier molecular flexibility index (Phi) is 4.17. The van der Waals surface area contributed by atoms with E-state index in [1.165, 1.54) is 4.90 Å². The van der Waals surface area contributed by atoms with Gasteiger partial charge >= 0.3 is 6.03 Å². The summed E-state index contributed by atoms with van der Waals surface area (Å²) in [4.78, 5) is 26.4. The number of carbonyl (C=O) groups excluding carboxylic acids is 2. The first kappa shape index (κ1) is 16.0. The van der Waals surface area contributed by atoms with E-state index >= 15 is 0 Å². The molecule has 3 rings (SSSR count). The fourth-order valence-corrected chi connectivity index (χ4v) is 3.56. The fourth-order valence-electron chi connectivity index (χ4n) is 2.69. The van der Waals surface area contributed by atoms with E-state index in [9.17, 15) is 9.59 Å². The third kappa shape index (κ3) is 2.75. The predicted octanol–water partition coefficient (Wildman–Crippen LogP) is 4.07. The van der Waals surface area contributed by atoms with Gasteiger partial charge in [-0.2, -0.15) is 0 Å². The molecule has 0 bridgehead atoms. The van der Waals surface area contributed by atoms with Crippen molar-refractivity contribution in [2.45, 2.75) is 19.0 Å². The van der Waals surface area contributed by atoms with Crippen LogP contribution in [-0.4, -0.2) is 16.8 Å². The largest absolute Gasteiger partial charge is 0.325 e. The van der Waals surface area contributed by atoms with E-state index in [4.69, 9.17) is 11.6 Å². The highest BCUT2D eigenvalue weighted by Gasteiger charge is 2.49. The minimum atomic E-state index is -1.10. The van der Waals surface area contributed by atoms with Gasteiger partial charge in [-0.25, -0.2) is 4.79 Å². The summed E-state index contributed by atoms with van der Waals surface area (Å²) in [6.45, 7) is 1.85. The lowest BCUT2D eigenvalue weighted by Crippen LogP contribution is -2.41. The average molecular weight is 394 g/mol. The zero-order valence-corrected chi connectivity index (χ0v) is 14.7. The molecule has 118 valence electrons. The SMILES string of the molecule is CC1(c2ccccc2Br)NC(=O)N(Cc2ccccc2Cl)C1=O. The summed E-state index contributed by atoms with van der Waals surface area (Å²) in [6.07, 6.45) is 0. The number of benzene rings is 2. The van der Waals surface area contributed by atoms with E-state index in [1.54, 1.807) is 19.1 Å². The van der Waals surface area contributed by atoms with Crippen LogP contribution in [0.25, 0.3) is 0 Å². The number of nitrogens with zero attached hydrogens (tertiary/aromatic N) is 1. The van der Waals surface area contributed by atoms with Crippen molar-refractivity contribution in [2.75, 3.05) is 0 Å². The Morgan fingerprint density at radius 1 is 1.13 bits per heavy atom. The quantitative estimate of drug-likeness (QED) is 0.799. The molecule has 1 N–H and O–H groups in total. The minimum Gasteiger partial charge on any atom is -0.319 e. The number of hydrogen-bond acceptors (Lipinski definition) is 2. The molecule has 1 unspecified atom stereocenters. The average Bonchev–Trinajstić information content (AvgIpc) is 2.74. The van der Waals surface area contributed by atoms with E-state index in [2.05, 4.69) is 21.2 Å². The molecule has 1 aliphatic rings. The van der Waals surface area contributed by atoms with Crippen LogP contribution in [-0.2, 0) is 16.9 Å². The van der Waals surface area contributed by atoms with Gasteiger partial charge in [-0.15, -0.1) is 0 Å². The van der Waals surface area contributed by atoms with Crippen LogP contribution in [0, 0.1) is 0 Å². The predicted molar refractivity (Wildman–Crippen MR) is 92.0 cm³/mol. The number of amides is 3. The third-order valence-electron chi connectivity index (χ3n) is 3.97. The number of hydrogen-bond donors (Lipinski definition) is 1. The van der Waals surface area contributed by atoms with Gasteiger partial charge in [0.2, 0.25) is 0 Å². The van der Waals surface area contributed by atoms with E-state index < -0.39 is 11.6 Å². The second-order valence-electron chi connectivity index (χ2n) is 5.52. The van der Waals surface area contributed by atoms with Gasteiger partial charge in [-0.1, -0.05) is 63.9 Å². The normalized spacial score (nSPS) is 20.7. The smallest absolute Gasteiger partial charge is 0.319 e. The Balaban J connectivity index is 1.94. The van der Waals surface area contributed by atoms with E-state index in [-0.39, 0.29) is 12.5 Å². The highest BCUT2D eigenvalue weighted by molar-refractivity contribution is 9.10. The van der Waals surface area contributed by atoms with Crippen molar-refractivity contribution >= 4 is 39.5 Å². The molecule has 1 aliphatic heterocycles. The van der Waals surface area contributed by atoms with Gasteiger partial charge in [0.15, 0.2) is 0 Å². The molecule has 0 aliphatic carbocycles. The Morgan fingerprint density at radius 2 is 1.78 bits per heavy atom. The van der Waals surface area contributed by atoms with Crippen molar-refractivity contribution in [3.05, 3.63) is 69.2 Å². The van der Waals surface area contributed by atoms with Gasteiger partial charge in [0, 0.05) is 15.1 Å². The van der Waals surface area contributed by atoms with Crippen molar-refractivity contribution in [3.63, 3.8) is 0 Å². The standard InChI is InChI=1S/C17H14BrClN2O2/c1-17(12-7-3-4-8-13(12)18)15(22)21(16(23)20-17)10-11-6-2-5-9-14(11)19/h2-9H,10H2,1H3,(H,20,23). The first-order valence-electron chi connectivity index (χ1n) is 7.06. The fraction of sp³-hybridized carbons (Fsp3) is 0.176. The number of carbonyl (C=O) groups is 2. The van der Waals surface area contributed by atoms with Crippen molar-refractivity contribution in [3.8, 4) is 0 Å². The summed E-state index contributed by atoms with van der Waals surface area (Å²) in [5.74, 6) is -0.297. The molecule has 2 aromatic carbocycles. The van der Waals surface area contributed by atoms with Gasteiger partial charge < -0.3 is 5.32 Å². The number of nitrogens with one attached hydrogen (secondary N) is 1. The van der Waals surface area contributed by atoms with Gasteiger partial charge in [0.1, 0.15) is 5.54 Å². The molecule has 23 heavy (non-hydrogen) atoms. The van der Waals surface area contributed by atoms with Crippen LogP contribution in [0.1, 0.15) is 18.1 Å². The van der Waals surface area contributed by atoms with Crippen molar-refractivity contribution in [2.24, 2.45) is 0 Å². The molecule has 0 radical (unpaired) electrons. The molecule has 1 fully saturated rings. The maximum absolute atomic E-state index is 12.9. The summed E-state index contributed by atoms with van der Waals surface area (Å²) in [7, 11) is 0. The molecule has 2 aromatic rings. The topological polar surface area (TPSA) is 49.4 Å². The van der Waals surface area contributed by atoms with Crippen molar-refractivity contribution in [1.82, 2.24) is 10.2 Å². The number of urea groups is 1. The Labute approximate surface area is 147 Å². The molecule has 0 spiro atoms. The van der Waals surface area contributed by atoms with Crippen molar-refractivity contribution < 1.29 is 9.59 Å². The number of rotatable bonds is 3. The molecule has 3 amide bonds. The highest BCUT2D eigenvalue weighted by atomic mass is 79.9. The Hall–Kier alpha value is -1.85. The first-order chi connectivity index (χ1) is 10.9. The maximum atomic E-state index is 12.9. The minimum absolute atomic E-state index is 0.143. The zero-order valence-electron chi connectivity index (χ0n) is 12.3. The summed E-state index contributed by atoms with van der Waals surface area (Å²) in [6, 6.07) is 14.1. The van der Waals surface area contributed by atoms with E-state index in [0.29, 0.717) is 5.02 Å². The van der Waals surface area contributed by atoms with Gasteiger partial charge in [-0.05, 0) is 24.6 Å². The first-order valence-corrected chi connectivity index (χ1v) is 8.23. The van der Waals surface area contributed by atoms with Gasteiger partial charge in [0.25, 0.3) is 5.91 Å². The molecular weight excluding hydrogens is 380 g/mol. The van der Waals surface area contributed by atoms with Crippen LogP contribution >= 0.6 is 27.5 Å². The Morgan fingerprint density at radius 3 is 2.48 bits per heavy atom. The second kappa shape index (κ2) is 5.98. The summed E-state index contributed by atoms with van der Waals surface area (Å²) >= 11 is 9.58. The molecular formula is C17H14BrClN2O2. The monoisotopic (exact) mass is 392 g/mol. The number of imide groups is 1. The molecule has 1 saturated heterocycles. The van der Waals surface area contributed by atoms with Gasteiger partial charge in [0.05, 0.1) is 6.54 Å². The lowest BCUT2D eigenvalue weighted by atomic mass is 9.92. The molecule has 1 heterocycles. The van der Waals surface area contributed by atoms with Crippen LogP contribution in [0.2, 0.25) is 5.02 Å². The highest BCUT2D eigenvalue weighted by Crippen LogP contribution is 2.34. The van der Waals surface area contributed by atoms with E-state index in [0.717, 1.165) is 15.6 Å². The zero-order chi connectivity index (χ0) is 16.6. The molecule has 0 saturated carbocycles. The summed E-state index contributed by atoms with van der Waals surface area (Å²) < 4.78 is 0.774. The van der Waals surface area contributed by atoms with Crippen LogP contribution < -0.4 is 5.32 Å². The molecule has 4 nitrogen and oxygen atoms in total. The lowest BCUT2D eigenvalue weighted by molar-refractivity contribution is -0.131. The molecule has 1 atom stereocenters. The number of halogens is 2.